The topological polar surface area (TPSA) is 212 Å². The molecule has 8 atom stereocenters. The smallest absolute Gasteiger partial charge is 0.394 e. The fourth-order valence-electron chi connectivity index (χ4n) is 6.43. The summed E-state index contributed by atoms with van der Waals surface area (Å²) in [5, 5.41) is 55.0. The highest BCUT2D eigenvalue weighted by atomic mass is 32.3. The van der Waals surface area contributed by atoms with Gasteiger partial charge >= 0.3 is 10.4 Å². The number of carbonyl (C=O) groups is 1. The average Bonchev–Trinajstić information content (AvgIpc) is 3.18. The summed E-state index contributed by atoms with van der Waals surface area (Å²) in [6, 6.07) is -1.15. The highest BCUT2D eigenvalue weighted by Crippen LogP contribution is 2.26. The van der Waals surface area contributed by atoms with Crippen molar-refractivity contribution in [2.75, 3.05) is 13.2 Å². The van der Waals surface area contributed by atoms with Crippen LogP contribution >= 0.6 is 0 Å². The first kappa shape index (κ1) is 53.0. The first-order valence-corrected chi connectivity index (χ1v) is 23.0. The number of amides is 1. The van der Waals surface area contributed by atoms with E-state index in [9.17, 15) is 38.7 Å². The molecule has 0 aromatic rings. The molecule has 0 bridgehead atoms. The molecule has 0 aromatic heterocycles. The zero-order chi connectivity index (χ0) is 42.2. The maximum absolute atomic E-state index is 13.1. The van der Waals surface area contributed by atoms with Gasteiger partial charge in [-0.1, -0.05) is 133 Å². The van der Waals surface area contributed by atoms with Crippen LogP contribution in [0.3, 0.4) is 0 Å². The molecule has 1 rings (SSSR count). The first-order chi connectivity index (χ1) is 27.4. The maximum atomic E-state index is 13.1. The van der Waals surface area contributed by atoms with Gasteiger partial charge in [0.25, 0.3) is 0 Å². The van der Waals surface area contributed by atoms with E-state index in [-0.39, 0.29) is 6.42 Å². The number of carbonyl (C=O) groups excluding carboxylic acids is 1. The van der Waals surface area contributed by atoms with Crippen molar-refractivity contribution < 1.29 is 57.0 Å². The number of aliphatic hydroxyl groups excluding tert-OH is 5. The Kier molecular flexibility index (Phi) is 31.5. The Morgan fingerprint density at radius 3 is 1.72 bits per heavy atom. The second kappa shape index (κ2) is 33.8. The van der Waals surface area contributed by atoms with E-state index < -0.39 is 78.5 Å². The third-order valence-corrected chi connectivity index (χ3v) is 10.4. The predicted molar refractivity (Wildman–Crippen MR) is 224 cm³/mol. The number of ether oxygens (including phenoxy) is 2. The summed E-state index contributed by atoms with van der Waals surface area (Å²) in [6.07, 6.45) is 27.7. The van der Waals surface area contributed by atoms with Gasteiger partial charge in [0.2, 0.25) is 5.91 Å². The lowest BCUT2D eigenvalue weighted by Crippen LogP contribution is -2.61. The number of allylic oxidation sites excluding steroid dienone is 7. The van der Waals surface area contributed by atoms with Gasteiger partial charge in [-0.2, -0.15) is 8.42 Å². The van der Waals surface area contributed by atoms with Gasteiger partial charge in [0.15, 0.2) is 6.29 Å². The maximum Gasteiger partial charge on any atom is 0.397 e. The molecule has 13 nitrogen and oxygen atoms in total. The molecule has 332 valence electrons. The van der Waals surface area contributed by atoms with Gasteiger partial charge in [-0.3, -0.25) is 9.35 Å². The molecule has 0 radical (unpaired) electrons. The molecule has 0 aliphatic carbocycles. The molecule has 0 spiro atoms. The average molecular weight is 832 g/mol. The van der Waals surface area contributed by atoms with Crippen LogP contribution in [0.15, 0.2) is 48.6 Å². The van der Waals surface area contributed by atoms with Crippen LogP contribution in [0.4, 0.5) is 0 Å². The fourth-order valence-corrected chi connectivity index (χ4v) is 6.93. The van der Waals surface area contributed by atoms with Gasteiger partial charge in [-0.15, -0.1) is 0 Å². The van der Waals surface area contributed by atoms with Crippen LogP contribution in [0.2, 0.25) is 0 Å². The van der Waals surface area contributed by atoms with Crippen molar-refractivity contribution >= 4 is 16.3 Å². The van der Waals surface area contributed by atoms with E-state index in [1.165, 1.54) is 70.3 Å². The van der Waals surface area contributed by atoms with Gasteiger partial charge in [-0.05, 0) is 70.6 Å². The lowest BCUT2D eigenvalue weighted by atomic mass is 9.99. The van der Waals surface area contributed by atoms with Gasteiger partial charge < -0.3 is 40.3 Å². The SMILES string of the molecule is CCCCC/C=C/CC/C=C/CC/C=C/C(O)C(COC1OC(CO)C(O)C(OS(=O)(=O)O)C1O)NC(=O)C(O)CCCCCC/C=C\CCCCCCCCC. The molecule has 1 aliphatic heterocycles. The molecule has 7 N–H and O–H groups in total. The Morgan fingerprint density at radius 2 is 1.18 bits per heavy atom. The predicted octanol–water partition coefficient (Wildman–Crippen LogP) is 6.68. The van der Waals surface area contributed by atoms with Crippen molar-refractivity contribution in [1.82, 2.24) is 5.32 Å². The Bertz CT molecular complexity index is 1230. The number of aliphatic hydroxyl groups is 5. The van der Waals surface area contributed by atoms with Crippen LogP contribution in [0.5, 0.6) is 0 Å². The largest absolute Gasteiger partial charge is 0.397 e. The third kappa shape index (κ3) is 26.7. The van der Waals surface area contributed by atoms with Crippen molar-refractivity contribution in [3.8, 4) is 0 Å². The number of nitrogens with one attached hydrogen (secondary N) is 1. The Hall–Kier alpha value is -1.98. The molecule has 8 unspecified atom stereocenters. The van der Waals surface area contributed by atoms with Crippen molar-refractivity contribution in [2.24, 2.45) is 0 Å². The molecule has 1 saturated heterocycles. The van der Waals surface area contributed by atoms with Gasteiger partial charge in [0, 0.05) is 0 Å². The van der Waals surface area contributed by atoms with Crippen LogP contribution in [-0.4, -0.2) is 107 Å². The van der Waals surface area contributed by atoms with E-state index in [0.717, 1.165) is 57.8 Å². The lowest BCUT2D eigenvalue weighted by Gasteiger charge is -2.41. The zero-order valence-electron chi connectivity index (χ0n) is 34.7. The molecule has 57 heavy (non-hydrogen) atoms. The molecule has 14 heteroatoms. The van der Waals surface area contributed by atoms with E-state index in [0.29, 0.717) is 12.8 Å². The van der Waals surface area contributed by atoms with E-state index in [4.69, 9.17) is 14.0 Å². The fraction of sp³-hybridized carbons (Fsp3) is 0.791. The van der Waals surface area contributed by atoms with Crippen LogP contribution in [0.1, 0.15) is 155 Å². The normalized spacial score (nSPS) is 22.3. The van der Waals surface area contributed by atoms with Crippen molar-refractivity contribution in [3.05, 3.63) is 48.6 Å². The molecule has 1 aliphatic rings. The molecule has 1 amide bonds. The van der Waals surface area contributed by atoms with Crippen LogP contribution in [0.25, 0.3) is 0 Å². The van der Waals surface area contributed by atoms with Crippen LogP contribution in [-0.2, 0) is 28.9 Å². The summed E-state index contributed by atoms with van der Waals surface area (Å²) in [7, 11) is -5.12. The van der Waals surface area contributed by atoms with Gasteiger partial charge in [0.1, 0.15) is 30.5 Å². The summed E-state index contributed by atoms with van der Waals surface area (Å²) < 4.78 is 47.4. The van der Waals surface area contributed by atoms with Crippen LogP contribution < -0.4 is 5.32 Å². The molecule has 0 saturated carbocycles. The molecular weight excluding hydrogens is 755 g/mol. The van der Waals surface area contributed by atoms with E-state index >= 15 is 0 Å². The minimum absolute atomic E-state index is 0.218. The van der Waals surface area contributed by atoms with E-state index in [1.807, 2.05) is 0 Å². The number of hydrogen-bond donors (Lipinski definition) is 7. The zero-order valence-corrected chi connectivity index (χ0v) is 35.6. The van der Waals surface area contributed by atoms with Crippen molar-refractivity contribution in [2.45, 2.75) is 204 Å². The van der Waals surface area contributed by atoms with Crippen molar-refractivity contribution in [1.29, 1.82) is 0 Å². The molecule has 1 heterocycles. The highest BCUT2D eigenvalue weighted by molar-refractivity contribution is 7.80. The summed E-state index contributed by atoms with van der Waals surface area (Å²) >= 11 is 0. The Balaban J connectivity index is 2.68. The minimum atomic E-state index is -5.12. The standard InChI is InChI=1S/C43H77NO12S/c1-3-5-7-9-11-13-15-17-18-20-22-24-26-28-30-32-37(47)42(50)44-35(36(46)31-29-27-25-23-21-19-16-14-12-10-8-6-4-2)34-54-43-40(49)41(56-57(51,52)53)39(48)38(33-45)55-43/h12,14,18,20-21,23,29,31,35-41,43,45-49H,3-11,13,15-17,19,22,24-28,30,32-34H2,1-2H3,(H,44,50)(H,51,52,53)/b14-12+,20-18-,23-21+,31-29+. The van der Waals surface area contributed by atoms with E-state index in [1.54, 1.807) is 6.08 Å². The second-order valence-electron chi connectivity index (χ2n) is 15.0. The monoisotopic (exact) mass is 832 g/mol. The number of hydrogen-bond acceptors (Lipinski definition) is 11. The summed E-state index contributed by atoms with van der Waals surface area (Å²) in [6.45, 7) is 3.12. The summed E-state index contributed by atoms with van der Waals surface area (Å²) in [5.74, 6) is -0.729. The minimum Gasteiger partial charge on any atom is -0.394 e. The van der Waals surface area contributed by atoms with Gasteiger partial charge in [-0.25, -0.2) is 4.18 Å². The molecule has 0 aromatic carbocycles. The Morgan fingerprint density at radius 1 is 0.702 bits per heavy atom. The van der Waals surface area contributed by atoms with Crippen molar-refractivity contribution in [3.63, 3.8) is 0 Å². The summed E-state index contributed by atoms with van der Waals surface area (Å²) in [4.78, 5) is 13.1. The van der Waals surface area contributed by atoms with Gasteiger partial charge in [0.05, 0.1) is 25.4 Å². The number of unbranched alkanes of at least 4 members (excludes halogenated alkanes) is 16. The third-order valence-electron chi connectivity index (χ3n) is 9.92. The van der Waals surface area contributed by atoms with Crippen LogP contribution in [0, 0.1) is 0 Å². The quantitative estimate of drug-likeness (QED) is 0.0203. The summed E-state index contributed by atoms with van der Waals surface area (Å²) in [5.41, 5.74) is 0. The molecule has 1 fully saturated rings. The lowest BCUT2D eigenvalue weighted by molar-refractivity contribution is -0.298. The van der Waals surface area contributed by atoms with E-state index in [2.05, 4.69) is 59.8 Å². The molecular formula is C43H77NO12S. The second-order valence-corrected chi connectivity index (χ2v) is 16.1. The highest BCUT2D eigenvalue weighted by Gasteiger charge is 2.48. The Labute approximate surface area is 343 Å². The number of rotatable bonds is 35. The first-order valence-electron chi connectivity index (χ1n) is 21.6.